The Morgan fingerprint density at radius 3 is 2.83 bits per heavy atom. The third-order valence-electron chi connectivity index (χ3n) is 2.98. The van der Waals surface area contributed by atoms with E-state index in [2.05, 4.69) is 15.9 Å². The van der Waals surface area contributed by atoms with E-state index in [4.69, 9.17) is 9.47 Å². The molecule has 98 valence electrons. The van der Waals surface area contributed by atoms with Gasteiger partial charge >= 0.3 is 0 Å². The summed E-state index contributed by atoms with van der Waals surface area (Å²) in [6.07, 6.45) is 0.843. The average Bonchev–Trinajstić information content (AvgIpc) is 2.33. The first kappa shape index (κ1) is 13.6. The SMILES string of the molecule is CCCOC1C(=O)CC1Oc1ccc(Br)c(C)c1. The van der Waals surface area contributed by atoms with Crippen molar-refractivity contribution in [3.05, 3.63) is 28.2 Å². The molecule has 1 saturated carbocycles. The number of carbonyl (C=O) groups excluding carboxylic acids is 1. The van der Waals surface area contributed by atoms with Crippen molar-refractivity contribution in [2.24, 2.45) is 0 Å². The molecule has 0 saturated heterocycles. The molecule has 2 atom stereocenters. The zero-order valence-corrected chi connectivity index (χ0v) is 12.2. The molecule has 0 radical (unpaired) electrons. The summed E-state index contributed by atoms with van der Waals surface area (Å²) in [5, 5.41) is 0. The lowest BCUT2D eigenvalue weighted by atomic mass is 9.90. The Hall–Kier alpha value is -0.870. The molecular weight excluding hydrogens is 296 g/mol. The summed E-state index contributed by atoms with van der Waals surface area (Å²) in [5.74, 6) is 0.931. The van der Waals surface area contributed by atoms with E-state index in [1.54, 1.807) is 0 Å². The normalized spacial score (nSPS) is 22.7. The number of hydrogen-bond acceptors (Lipinski definition) is 3. The third kappa shape index (κ3) is 2.93. The average molecular weight is 313 g/mol. The number of Topliss-reactive ketones (excluding diaryl/α,β-unsaturated/α-hetero) is 1. The van der Waals surface area contributed by atoms with E-state index in [9.17, 15) is 4.79 Å². The van der Waals surface area contributed by atoms with Gasteiger partial charge in [0.05, 0.1) is 0 Å². The van der Waals surface area contributed by atoms with Gasteiger partial charge < -0.3 is 9.47 Å². The van der Waals surface area contributed by atoms with Crippen molar-refractivity contribution in [3.8, 4) is 5.75 Å². The molecule has 1 fully saturated rings. The monoisotopic (exact) mass is 312 g/mol. The fourth-order valence-electron chi connectivity index (χ4n) is 1.88. The molecule has 0 bridgehead atoms. The van der Waals surface area contributed by atoms with Crippen LogP contribution in [-0.2, 0) is 9.53 Å². The van der Waals surface area contributed by atoms with Gasteiger partial charge in [0.2, 0.25) is 0 Å². The quantitative estimate of drug-likeness (QED) is 0.837. The molecule has 1 aliphatic carbocycles. The highest BCUT2D eigenvalue weighted by atomic mass is 79.9. The standard InChI is InChI=1S/C14H17BrO3/c1-3-6-17-14-12(16)8-13(14)18-10-4-5-11(15)9(2)7-10/h4-5,7,13-14H,3,6,8H2,1-2H3. The van der Waals surface area contributed by atoms with Gasteiger partial charge in [0.25, 0.3) is 0 Å². The van der Waals surface area contributed by atoms with Gasteiger partial charge in [0.15, 0.2) is 11.9 Å². The predicted octanol–water partition coefficient (Wildman–Crippen LogP) is 3.27. The Morgan fingerprint density at radius 1 is 1.44 bits per heavy atom. The van der Waals surface area contributed by atoms with Crippen LogP contribution in [0.2, 0.25) is 0 Å². The van der Waals surface area contributed by atoms with Gasteiger partial charge in [-0.3, -0.25) is 4.79 Å². The lowest BCUT2D eigenvalue weighted by molar-refractivity contribution is -0.154. The molecule has 1 aromatic rings. The van der Waals surface area contributed by atoms with Crippen LogP contribution in [0.1, 0.15) is 25.3 Å². The topological polar surface area (TPSA) is 35.5 Å². The van der Waals surface area contributed by atoms with Gasteiger partial charge in [-0.1, -0.05) is 22.9 Å². The van der Waals surface area contributed by atoms with Crippen molar-refractivity contribution >= 4 is 21.7 Å². The molecule has 0 aliphatic heterocycles. The summed E-state index contributed by atoms with van der Waals surface area (Å²) in [6.45, 7) is 4.64. The van der Waals surface area contributed by atoms with Crippen molar-refractivity contribution < 1.29 is 14.3 Å². The van der Waals surface area contributed by atoms with Crippen LogP contribution in [-0.4, -0.2) is 24.6 Å². The summed E-state index contributed by atoms with van der Waals surface area (Å²) in [5.41, 5.74) is 1.11. The number of carbonyl (C=O) groups is 1. The third-order valence-corrected chi connectivity index (χ3v) is 3.87. The Bertz CT molecular complexity index is 445. The summed E-state index contributed by atoms with van der Waals surface area (Å²) in [6, 6.07) is 5.81. The largest absolute Gasteiger partial charge is 0.487 e. The van der Waals surface area contributed by atoms with E-state index in [0.29, 0.717) is 13.0 Å². The van der Waals surface area contributed by atoms with Gasteiger partial charge in [-0.15, -0.1) is 0 Å². The second-order valence-corrected chi connectivity index (χ2v) is 5.38. The second kappa shape index (κ2) is 5.85. The number of hydrogen-bond donors (Lipinski definition) is 0. The molecule has 0 N–H and O–H groups in total. The number of rotatable bonds is 5. The highest BCUT2D eigenvalue weighted by Gasteiger charge is 2.42. The van der Waals surface area contributed by atoms with Crippen LogP contribution >= 0.6 is 15.9 Å². The molecule has 0 aromatic heterocycles. The number of benzene rings is 1. The van der Waals surface area contributed by atoms with Crippen LogP contribution in [0.5, 0.6) is 5.75 Å². The summed E-state index contributed by atoms with van der Waals surface area (Å²) in [7, 11) is 0. The van der Waals surface area contributed by atoms with Crippen LogP contribution in [0.3, 0.4) is 0 Å². The Balaban J connectivity index is 1.96. The minimum Gasteiger partial charge on any atom is -0.487 e. The van der Waals surface area contributed by atoms with Gasteiger partial charge in [-0.2, -0.15) is 0 Å². The second-order valence-electron chi connectivity index (χ2n) is 4.53. The molecular formula is C14H17BrO3. The highest BCUT2D eigenvalue weighted by molar-refractivity contribution is 9.10. The van der Waals surface area contributed by atoms with E-state index in [-0.39, 0.29) is 18.0 Å². The molecule has 1 aliphatic rings. The Kier molecular flexibility index (Phi) is 4.40. The zero-order valence-electron chi connectivity index (χ0n) is 10.6. The van der Waals surface area contributed by atoms with Gasteiger partial charge in [0, 0.05) is 17.5 Å². The van der Waals surface area contributed by atoms with E-state index in [0.717, 1.165) is 22.2 Å². The molecule has 0 heterocycles. The van der Waals surface area contributed by atoms with Crippen LogP contribution in [0.25, 0.3) is 0 Å². The minimum atomic E-state index is -0.381. The molecule has 3 nitrogen and oxygen atoms in total. The molecule has 2 unspecified atom stereocenters. The fourth-order valence-corrected chi connectivity index (χ4v) is 2.13. The first-order valence-electron chi connectivity index (χ1n) is 6.19. The van der Waals surface area contributed by atoms with E-state index < -0.39 is 0 Å². The van der Waals surface area contributed by atoms with Crippen LogP contribution in [0, 0.1) is 6.92 Å². The van der Waals surface area contributed by atoms with E-state index in [1.807, 2.05) is 32.0 Å². The van der Waals surface area contributed by atoms with E-state index >= 15 is 0 Å². The van der Waals surface area contributed by atoms with Crippen molar-refractivity contribution in [3.63, 3.8) is 0 Å². The summed E-state index contributed by atoms with van der Waals surface area (Å²) >= 11 is 3.45. The van der Waals surface area contributed by atoms with E-state index in [1.165, 1.54) is 0 Å². The van der Waals surface area contributed by atoms with Crippen LogP contribution < -0.4 is 4.74 Å². The lowest BCUT2D eigenvalue weighted by Gasteiger charge is -2.34. The maximum Gasteiger partial charge on any atom is 0.169 e. The van der Waals surface area contributed by atoms with Gasteiger partial charge in [-0.25, -0.2) is 0 Å². The predicted molar refractivity (Wildman–Crippen MR) is 73.0 cm³/mol. The minimum absolute atomic E-state index is 0.135. The first-order chi connectivity index (χ1) is 8.61. The number of halogens is 1. The molecule has 18 heavy (non-hydrogen) atoms. The van der Waals surface area contributed by atoms with Crippen molar-refractivity contribution in [1.29, 1.82) is 0 Å². The number of ether oxygens (including phenoxy) is 2. The van der Waals surface area contributed by atoms with Crippen LogP contribution in [0.15, 0.2) is 22.7 Å². The summed E-state index contributed by atoms with van der Waals surface area (Å²) < 4.78 is 12.3. The Labute approximate surface area is 116 Å². The van der Waals surface area contributed by atoms with Crippen LogP contribution in [0.4, 0.5) is 0 Å². The Morgan fingerprint density at radius 2 is 2.22 bits per heavy atom. The summed E-state index contributed by atoms with van der Waals surface area (Å²) in [4.78, 5) is 11.4. The van der Waals surface area contributed by atoms with Crippen molar-refractivity contribution in [2.75, 3.05) is 6.61 Å². The highest BCUT2D eigenvalue weighted by Crippen LogP contribution is 2.28. The zero-order chi connectivity index (χ0) is 13.1. The lowest BCUT2D eigenvalue weighted by Crippen LogP contribution is -2.52. The number of aryl methyl sites for hydroxylation is 1. The van der Waals surface area contributed by atoms with Crippen molar-refractivity contribution in [2.45, 2.75) is 38.9 Å². The molecule has 1 aromatic carbocycles. The molecule has 0 amide bonds. The first-order valence-corrected chi connectivity index (χ1v) is 6.98. The maximum absolute atomic E-state index is 11.4. The number of ketones is 1. The smallest absolute Gasteiger partial charge is 0.169 e. The van der Waals surface area contributed by atoms with Gasteiger partial charge in [0.1, 0.15) is 11.9 Å². The molecule has 4 heteroatoms. The van der Waals surface area contributed by atoms with Crippen molar-refractivity contribution in [1.82, 2.24) is 0 Å². The van der Waals surface area contributed by atoms with Gasteiger partial charge in [-0.05, 0) is 37.1 Å². The molecule has 2 rings (SSSR count). The molecule has 0 spiro atoms. The fraction of sp³-hybridized carbons (Fsp3) is 0.500. The maximum atomic E-state index is 11.4.